The highest BCUT2D eigenvalue weighted by atomic mass is 35.5. The Hall–Kier alpha value is -1.88. The molecule has 0 saturated heterocycles. The molecule has 0 fully saturated rings. The van der Waals surface area contributed by atoms with E-state index in [1.807, 2.05) is 23.0 Å². The highest BCUT2D eigenvalue weighted by Gasteiger charge is 2.18. The molecule has 6 heteroatoms. The van der Waals surface area contributed by atoms with Crippen LogP contribution in [0.5, 0.6) is 0 Å². The number of benzene rings is 1. The molecule has 2 aromatic heterocycles. The van der Waals surface area contributed by atoms with Crippen LogP contribution in [0.2, 0.25) is 0 Å². The molecular weight excluding hydrogens is 291 g/mol. The van der Waals surface area contributed by atoms with Crippen molar-refractivity contribution in [1.82, 2.24) is 19.3 Å². The fourth-order valence-corrected chi connectivity index (χ4v) is 2.81. The molecule has 2 heterocycles. The molecule has 21 heavy (non-hydrogen) atoms. The Kier molecular flexibility index (Phi) is 3.92. The first-order valence-corrected chi connectivity index (χ1v) is 7.43. The predicted octanol–water partition coefficient (Wildman–Crippen LogP) is 3.41. The smallest absolute Gasteiger partial charge is 0.151 e. The number of alkyl halides is 1. The Bertz CT molecular complexity index is 736. The first-order chi connectivity index (χ1) is 10.2. The summed E-state index contributed by atoms with van der Waals surface area (Å²) in [4.78, 5) is 4.43. The van der Waals surface area contributed by atoms with Crippen LogP contribution in [0.1, 0.15) is 18.8 Å². The average molecular weight is 307 g/mol. The Labute approximate surface area is 127 Å². The van der Waals surface area contributed by atoms with Crippen molar-refractivity contribution in [1.29, 1.82) is 0 Å². The molecule has 0 aliphatic heterocycles. The second kappa shape index (κ2) is 5.85. The number of hydrogen-bond acceptors (Lipinski definition) is 2. The molecule has 0 radical (unpaired) electrons. The van der Waals surface area contributed by atoms with Gasteiger partial charge in [0.1, 0.15) is 11.3 Å². The van der Waals surface area contributed by atoms with Crippen molar-refractivity contribution in [2.45, 2.75) is 25.9 Å². The number of para-hydroxylation sites is 1. The summed E-state index contributed by atoms with van der Waals surface area (Å²) in [5.74, 6) is 0.970. The SMILES string of the molecule is CC(Cn1cccn1)n1c(CCCl)nc2c(F)cccc21. The van der Waals surface area contributed by atoms with E-state index in [2.05, 4.69) is 21.6 Å². The molecule has 0 aliphatic rings. The van der Waals surface area contributed by atoms with Gasteiger partial charge in [-0.2, -0.15) is 5.10 Å². The van der Waals surface area contributed by atoms with Gasteiger partial charge in [0.2, 0.25) is 0 Å². The molecule has 3 rings (SSSR count). The highest BCUT2D eigenvalue weighted by molar-refractivity contribution is 6.17. The predicted molar refractivity (Wildman–Crippen MR) is 81.1 cm³/mol. The topological polar surface area (TPSA) is 35.6 Å². The molecule has 0 saturated carbocycles. The van der Waals surface area contributed by atoms with Gasteiger partial charge in [-0.25, -0.2) is 9.37 Å². The minimum atomic E-state index is -0.298. The molecule has 0 N–H and O–H groups in total. The molecule has 4 nitrogen and oxygen atoms in total. The maximum Gasteiger partial charge on any atom is 0.151 e. The molecule has 0 amide bonds. The van der Waals surface area contributed by atoms with Gasteiger partial charge in [-0.1, -0.05) is 6.07 Å². The molecule has 1 aromatic carbocycles. The van der Waals surface area contributed by atoms with E-state index in [0.717, 1.165) is 11.3 Å². The van der Waals surface area contributed by atoms with Crippen LogP contribution in [0.4, 0.5) is 4.39 Å². The molecular formula is C15H16ClFN4. The highest BCUT2D eigenvalue weighted by Crippen LogP contribution is 2.24. The van der Waals surface area contributed by atoms with Crippen LogP contribution in [0.3, 0.4) is 0 Å². The van der Waals surface area contributed by atoms with Crippen molar-refractivity contribution in [3.63, 3.8) is 0 Å². The number of nitrogens with zero attached hydrogens (tertiary/aromatic N) is 4. The Morgan fingerprint density at radius 1 is 1.33 bits per heavy atom. The summed E-state index contributed by atoms with van der Waals surface area (Å²) in [7, 11) is 0. The molecule has 0 bridgehead atoms. The Morgan fingerprint density at radius 2 is 2.19 bits per heavy atom. The monoisotopic (exact) mass is 306 g/mol. The zero-order valence-corrected chi connectivity index (χ0v) is 12.5. The minimum absolute atomic E-state index is 0.106. The quantitative estimate of drug-likeness (QED) is 0.677. The van der Waals surface area contributed by atoms with Crippen molar-refractivity contribution >= 4 is 22.6 Å². The lowest BCUT2D eigenvalue weighted by Gasteiger charge is -2.17. The molecule has 1 unspecified atom stereocenters. The van der Waals surface area contributed by atoms with E-state index in [4.69, 9.17) is 11.6 Å². The molecule has 0 aliphatic carbocycles. The maximum absolute atomic E-state index is 13.9. The van der Waals surface area contributed by atoms with Crippen LogP contribution >= 0.6 is 11.6 Å². The van der Waals surface area contributed by atoms with Gasteiger partial charge in [0.15, 0.2) is 5.82 Å². The Balaban J connectivity index is 2.06. The zero-order chi connectivity index (χ0) is 14.8. The summed E-state index contributed by atoms with van der Waals surface area (Å²) in [6, 6.07) is 7.03. The maximum atomic E-state index is 13.9. The second-order valence-electron chi connectivity index (χ2n) is 5.02. The molecule has 110 valence electrons. The van der Waals surface area contributed by atoms with Crippen molar-refractivity contribution in [2.24, 2.45) is 0 Å². The van der Waals surface area contributed by atoms with E-state index >= 15 is 0 Å². The van der Waals surface area contributed by atoms with E-state index in [1.165, 1.54) is 6.07 Å². The lowest BCUT2D eigenvalue weighted by molar-refractivity contribution is 0.435. The molecule has 1 atom stereocenters. The number of aromatic nitrogens is 4. The van der Waals surface area contributed by atoms with Crippen LogP contribution in [0.25, 0.3) is 11.0 Å². The average Bonchev–Trinajstić information content (AvgIpc) is 3.07. The van der Waals surface area contributed by atoms with Crippen molar-refractivity contribution in [2.75, 3.05) is 5.88 Å². The fraction of sp³-hybridized carbons (Fsp3) is 0.333. The van der Waals surface area contributed by atoms with E-state index in [1.54, 1.807) is 12.3 Å². The van der Waals surface area contributed by atoms with Gasteiger partial charge >= 0.3 is 0 Å². The third-order valence-electron chi connectivity index (χ3n) is 3.51. The van der Waals surface area contributed by atoms with Crippen LogP contribution in [0, 0.1) is 5.82 Å². The Morgan fingerprint density at radius 3 is 2.90 bits per heavy atom. The summed E-state index contributed by atoms with van der Waals surface area (Å²) in [6.07, 6.45) is 4.27. The second-order valence-corrected chi connectivity index (χ2v) is 5.40. The lowest BCUT2D eigenvalue weighted by Crippen LogP contribution is -2.16. The molecule has 0 spiro atoms. The van der Waals surface area contributed by atoms with E-state index < -0.39 is 0 Å². The van der Waals surface area contributed by atoms with Gasteiger partial charge in [-0.15, -0.1) is 11.6 Å². The molecule has 3 aromatic rings. The summed E-state index contributed by atoms with van der Waals surface area (Å²) >= 11 is 5.86. The third-order valence-corrected chi connectivity index (χ3v) is 3.70. The standard InChI is InChI=1S/C15H16ClFN4/c1-11(10-20-9-3-8-18-20)21-13-5-2-4-12(17)15(13)19-14(21)6-7-16/h2-5,8-9,11H,6-7,10H2,1H3. The zero-order valence-electron chi connectivity index (χ0n) is 11.7. The first-order valence-electron chi connectivity index (χ1n) is 6.89. The van der Waals surface area contributed by atoms with Crippen molar-refractivity contribution < 1.29 is 4.39 Å². The van der Waals surface area contributed by atoms with Crippen LogP contribution in [-0.2, 0) is 13.0 Å². The largest absolute Gasteiger partial charge is 0.323 e. The van der Waals surface area contributed by atoms with Crippen LogP contribution in [0.15, 0.2) is 36.7 Å². The summed E-state index contributed by atoms with van der Waals surface area (Å²) < 4.78 is 17.9. The minimum Gasteiger partial charge on any atom is -0.323 e. The normalized spacial score (nSPS) is 12.9. The van der Waals surface area contributed by atoms with Crippen LogP contribution < -0.4 is 0 Å². The van der Waals surface area contributed by atoms with E-state index in [9.17, 15) is 4.39 Å². The van der Waals surface area contributed by atoms with Crippen molar-refractivity contribution in [3.05, 3.63) is 48.3 Å². The van der Waals surface area contributed by atoms with Gasteiger partial charge in [-0.05, 0) is 25.1 Å². The van der Waals surface area contributed by atoms with Crippen molar-refractivity contribution in [3.8, 4) is 0 Å². The summed E-state index contributed by atoms with van der Waals surface area (Å²) in [5.41, 5.74) is 1.21. The summed E-state index contributed by atoms with van der Waals surface area (Å²) in [6.45, 7) is 2.77. The number of aryl methyl sites for hydroxylation is 1. The van der Waals surface area contributed by atoms with Gasteiger partial charge in [0.05, 0.1) is 18.1 Å². The number of rotatable bonds is 5. The van der Waals surface area contributed by atoms with E-state index in [-0.39, 0.29) is 11.9 Å². The summed E-state index contributed by atoms with van der Waals surface area (Å²) in [5, 5.41) is 4.22. The van der Waals surface area contributed by atoms with Crippen LogP contribution in [-0.4, -0.2) is 25.2 Å². The number of fused-ring (bicyclic) bond motifs is 1. The lowest BCUT2D eigenvalue weighted by atomic mass is 10.2. The van der Waals surface area contributed by atoms with Gasteiger partial charge in [0.25, 0.3) is 0 Å². The van der Waals surface area contributed by atoms with E-state index in [0.29, 0.717) is 24.4 Å². The third kappa shape index (κ3) is 2.65. The number of hydrogen-bond donors (Lipinski definition) is 0. The first kappa shape index (κ1) is 14.1. The fourth-order valence-electron chi connectivity index (χ4n) is 2.64. The number of halogens is 2. The van der Waals surface area contributed by atoms with Gasteiger partial charge < -0.3 is 4.57 Å². The van der Waals surface area contributed by atoms with Gasteiger partial charge in [-0.3, -0.25) is 4.68 Å². The number of imidazole rings is 1. The van der Waals surface area contributed by atoms with Gasteiger partial charge in [0, 0.05) is 24.7 Å².